The third-order valence-corrected chi connectivity index (χ3v) is 4.76. The lowest BCUT2D eigenvalue weighted by Gasteiger charge is -2.32. The predicted octanol–water partition coefficient (Wildman–Crippen LogP) is 3.54. The molecular weight excluding hydrogens is 276 g/mol. The Morgan fingerprint density at radius 3 is 2.95 bits per heavy atom. The Bertz CT molecular complexity index is 690. The molecule has 0 aliphatic carbocycles. The summed E-state index contributed by atoms with van der Waals surface area (Å²) in [6.07, 6.45) is 3.65. The number of aryl methyl sites for hydroxylation is 1. The van der Waals surface area contributed by atoms with Crippen molar-refractivity contribution in [3.05, 3.63) is 29.5 Å². The van der Waals surface area contributed by atoms with Crippen LogP contribution in [0, 0.1) is 6.92 Å². The van der Waals surface area contributed by atoms with Crippen LogP contribution in [-0.4, -0.2) is 41.9 Å². The molecular formula is C18H24N2O2. The van der Waals surface area contributed by atoms with E-state index in [0.717, 1.165) is 34.5 Å². The number of nitrogens with one attached hydrogen (secondary N) is 1. The number of aromatic amines is 1. The first kappa shape index (κ1) is 15.1. The molecule has 0 saturated carbocycles. The minimum atomic E-state index is 0.200. The van der Waals surface area contributed by atoms with Gasteiger partial charge in [-0.05, 0) is 51.4 Å². The summed E-state index contributed by atoms with van der Waals surface area (Å²) in [6.45, 7) is 5.72. The molecule has 4 nitrogen and oxygen atoms in total. The molecule has 1 fully saturated rings. The standard InChI is InChI=1S/C18H24N2O2/c1-12-6-4-5-9-20(12)11-17(21)18-13(2)19-16-8-7-14(22-3)10-15(16)18/h7-8,10,12,19H,4-6,9,11H2,1-3H3/t12-/m1/s1. The molecule has 1 saturated heterocycles. The molecule has 2 aromatic rings. The highest BCUT2D eigenvalue weighted by molar-refractivity contribution is 6.10. The van der Waals surface area contributed by atoms with Crippen LogP contribution in [0.2, 0.25) is 0 Å². The molecule has 1 N–H and O–H groups in total. The maximum atomic E-state index is 12.9. The number of piperidine rings is 1. The molecule has 2 heterocycles. The van der Waals surface area contributed by atoms with Crippen molar-refractivity contribution in [2.75, 3.05) is 20.2 Å². The Hall–Kier alpha value is -1.81. The van der Waals surface area contributed by atoms with Gasteiger partial charge in [-0.2, -0.15) is 0 Å². The number of ether oxygens (including phenoxy) is 1. The number of fused-ring (bicyclic) bond motifs is 1. The first-order chi connectivity index (χ1) is 10.6. The third-order valence-electron chi connectivity index (χ3n) is 4.76. The summed E-state index contributed by atoms with van der Waals surface area (Å²) in [4.78, 5) is 18.5. The number of rotatable bonds is 4. The fraction of sp³-hybridized carbons (Fsp3) is 0.500. The zero-order chi connectivity index (χ0) is 15.7. The van der Waals surface area contributed by atoms with Gasteiger partial charge in [-0.1, -0.05) is 6.42 Å². The number of carbonyl (C=O) groups excluding carboxylic acids is 1. The van der Waals surface area contributed by atoms with E-state index in [4.69, 9.17) is 4.74 Å². The van der Waals surface area contributed by atoms with Crippen LogP contribution in [-0.2, 0) is 0 Å². The summed E-state index contributed by atoms with van der Waals surface area (Å²) in [5.74, 6) is 0.984. The highest BCUT2D eigenvalue weighted by atomic mass is 16.5. The van der Waals surface area contributed by atoms with Gasteiger partial charge in [-0.25, -0.2) is 0 Å². The topological polar surface area (TPSA) is 45.3 Å². The monoisotopic (exact) mass is 300 g/mol. The van der Waals surface area contributed by atoms with Gasteiger partial charge in [0.05, 0.1) is 13.7 Å². The highest BCUT2D eigenvalue weighted by Gasteiger charge is 2.23. The second-order valence-corrected chi connectivity index (χ2v) is 6.27. The molecule has 1 atom stereocenters. The van der Waals surface area contributed by atoms with E-state index in [1.807, 2.05) is 25.1 Å². The van der Waals surface area contributed by atoms with E-state index >= 15 is 0 Å². The van der Waals surface area contributed by atoms with Gasteiger partial charge in [0.25, 0.3) is 0 Å². The second kappa shape index (κ2) is 6.13. The summed E-state index contributed by atoms with van der Waals surface area (Å²) >= 11 is 0. The molecule has 22 heavy (non-hydrogen) atoms. The van der Waals surface area contributed by atoms with Crippen LogP contribution in [0.1, 0.15) is 42.2 Å². The maximum absolute atomic E-state index is 12.9. The van der Waals surface area contributed by atoms with Gasteiger partial charge < -0.3 is 9.72 Å². The van der Waals surface area contributed by atoms with E-state index in [9.17, 15) is 4.79 Å². The SMILES string of the molecule is COc1ccc2[nH]c(C)c(C(=O)CN3CCCC[C@H]3C)c2c1. The fourth-order valence-corrected chi connectivity index (χ4v) is 3.45. The highest BCUT2D eigenvalue weighted by Crippen LogP contribution is 2.27. The average Bonchev–Trinajstić information content (AvgIpc) is 2.84. The number of likely N-dealkylation sites (tertiary alicyclic amines) is 1. The molecule has 1 aliphatic rings. The first-order valence-corrected chi connectivity index (χ1v) is 8.03. The molecule has 1 aromatic heterocycles. The number of carbonyl (C=O) groups is 1. The van der Waals surface area contributed by atoms with Gasteiger partial charge >= 0.3 is 0 Å². The Morgan fingerprint density at radius 2 is 2.23 bits per heavy atom. The lowest BCUT2D eigenvalue weighted by molar-refractivity contribution is 0.0861. The van der Waals surface area contributed by atoms with Gasteiger partial charge in [0.2, 0.25) is 0 Å². The third kappa shape index (κ3) is 2.75. The molecule has 1 aromatic carbocycles. The maximum Gasteiger partial charge on any atom is 0.179 e. The van der Waals surface area contributed by atoms with Gasteiger partial charge in [0, 0.05) is 28.2 Å². The summed E-state index contributed by atoms with van der Waals surface area (Å²) < 4.78 is 5.30. The fourth-order valence-electron chi connectivity index (χ4n) is 3.45. The lowest BCUT2D eigenvalue weighted by Crippen LogP contribution is -2.40. The zero-order valence-electron chi connectivity index (χ0n) is 13.6. The van der Waals surface area contributed by atoms with E-state index in [-0.39, 0.29) is 5.78 Å². The van der Waals surface area contributed by atoms with Crippen LogP contribution in [0.4, 0.5) is 0 Å². The Kier molecular flexibility index (Phi) is 4.21. The van der Waals surface area contributed by atoms with Gasteiger partial charge in [-0.15, -0.1) is 0 Å². The second-order valence-electron chi connectivity index (χ2n) is 6.27. The largest absolute Gasteiger partial charge is 0.497 e. The number of nitrogens with zero attached hydrogens (tertiary/aromatic N) is 1. The molecule has 0 bridgehead atoms. The van der Waals surface area contributed by atoms with Crippen LogP contribution in [0.15, 0.2) is 18.2 Å². The first-order valence-electron chi connectivity index (χ1n) is 8.03. The summed E-state index contributed by atoms with van der Waals surface area (Å²) in [6, 6.07) is 6.34. The Morgan fingerprint density at radius 1 is 1.41 bits per heavy atom. The van der Waals surface area contributed by atoms with E-state index < -0.39 is 0 Å². The minimum absolute atomic E-state index is 0.200. The van der Waals surface area contributed by atoms with Crippen LogP contribution >= 0.6 is 0 Å². The van der Waals surface area contributed by atoms with E-state index in [2.05, 4.69) is 16.8 Å². The van der Waals surface area contributed by atoms with Crippen LogP contribution in [0.3, 0.4) is 0 Å². The molecule has 0 spiro atoms. The van der Waals surface area contributed by atoms with Crippen molar-refractivity contribution >= 4 is 16.7 Å². The van der Waals surface area contributed by atoms with Crippen LogP contribution in [0.5, 0.6) is 5.75 Å². The van der Waals surface area contributed by atoms with Crippen molar-refractivity contribution in [2.24, 2.45) is 0 Å². The number of ketones is 1. The average molecular weight is 300 g/mol. The lowest BCUT2D eigenvalue weighted by atomic mass is 10.0. The number of methoxy groups -OCH3 is 1. The molecule has 118 valence electrons. The van der Waals surface area contributed by atoms with Crippen LogP contribution < -0.4 is 4.74 Å². The van der Waals surface area contributed by atoms with Crippen LogP contribution in [0.25, 0.3) is 10.9 Å². The number of benzene rings is 1. The normalized spacial score (nSPS) is 19.5. The smallest absolute Gasteiger partial charge is 0.179 e. The summed E-state index contributed by atoms with van der Waals surface area (Å²) in [7, 11) is 1.65. The predicted molar refractivity (Wildman–Crippen MR) is 88.8 cm³/mol. The van der Waals surface area contributed by atoms with Crippen molar-refractivity contribution in [1.29, 1.82) is 0 Å². The summed E-state index contributed by atoms with van der Waals surface area (Å²) in [5.41, 5.74) is 2.75. The summed E-state index contributed by atoms with van der Waals surface area (Å²) in [5, 5.41) is 0.964. The van der Waals surface area contributed by atoms with Gasteiger partial charge in [0.15, 0.2) is 5.78 Å². The van der Waals surface area contributed by atoms with Crippen molar-refractivity contribution in [1.82, 2.24) is 9.88 Å². The number of H-pyrrole nitrogens is 1. The number of Topliss-reactive ketones (excluding diaryl/α,β-unsaturated/α-hetero) is 1. The number of hydrogen-bond acceptors (Lipinski definition) is 3. The van der Waals surface area contributed by atoms with Crippen molar-refractivity contribution in [2.45, 2.75) is 39.2 Å². The van der Waals surface area contributed by atoms with E-state index in [1.54, 1.807) is 7.11 Å². The van der Waals surface area contributed by atoms with E-state index in [1.165, 1.54) is 19.3 Å². The quantitative estimate of drug-likeness (QED) is 0.878. The van der Waals surface area contributed by atoms with Gasteiger partial charge in [-0.3, -0.25) is 9.69 Å². The molecule has 0 amide bonds. The zero-order valence-corrected chi connectivity index (χ0v) is 13.6. The minimum Gasteiger partial charge on any atom is -0.497 e. The van der Waals surface area contributed by atoms with E-state index in [0.29, 0.717) is 12.6 Å². The Labute approximate surface area is 131 Å². The molecule has 0 radical (unpaired) electrons. The van der Waals surface area contributed by atoms with Gasteiger partial charge in [0.1, 0.15) is 5.75 Å². The van der Waals surface area contributed by atoms with Crippen molar-refractivity contribution < 1.29 is 9.53 Å². The Balaban J connectivity index is 1.91. The van der Waals surface area contributed by atoms with Crippen molar-refractivity contribution in [3.63, 3.8) is 0 Å². The van der Waals surface area contributed by atoms with Crippen molar-refractivity contribution in [3.8, 4) is 5.75 Å². The molecule has 3 rings (SSSR count). The molecule has 4 heteroatoms. The number of hydrogen-bond donors (Lipinski definition) is 1. The molecule has 0 unspecified atom stereocenters. The molecule has 1 aliphatic heterocycles. The number of aromatic nitrogens is 1.